The fourth-order valence-electron chi connectivity index (χ4n) is 8.80. The molecule has 0 aliphatic heterocycles. The van der Waals surface area contributed by atoms with Crippen molar-refractivity contribution in [3.8, 4) is 0 Å². The summed E-state index contributed by atoms with van der Waals surface area (Å²) in [6.45, 7) is 14.2. The number of hydrogen-bond acceptors (Lipinski definition) is 8. The quantitative estimate of drug-likeness (QED) is 0.137. The number of ether oxygens (including phenoxy) is 1. The molecular formula is C36H46BNO7S. The van der Waals surface area contributed by atoms with Gasteiger partial charge in [0.25, 0.3) is 5.91 Å². The van der Waals surface area contributed by atoms with E-state index in [9.17, 15) is 29.5 Å². The highest BCUT2D eigenvalue weighted by Gasteiger charge is 2.68. The molecule has 0 heterocycles. The lowest BCUT2D eigenvalue weighted by molar-refractivity contribution is -0.205. The summed E-state index contributed by atoms with van der Waals surface area (Å²) in [4.78, 5) is 40.9. The number of carbonyl (C=O) groups is 3. The molecule has 3 aliphatic carbocycles. The number of hydrogen-bond donors (Lipinski definition) is 4. The molecule has 8 nitrogen and oxygen atoms in total. The molecule has 3 fully saturated rings. The van der Waals surface area contributed by atoms with Crippen LogP contribution in [0, 0.1) is 40.9 Å². The van der Waals surface area contributed by atoms with Crippen LogP contribution in [0.5, 0.6) is 0 Å². The number of Topliss-reactive ketones (excluding diaryl/α,β-unsaturated/α-hetero) is 1. The summed E-state index contributed by atoms with van der Waals surface area (Å²) in [7, 11) is -1.68. The molecule has 0 unspecified atom stereocenters. The summed E-state index contributed by atoms with van der Waals surface area (Å²) in [6, 6.07) is 11.8. The number of amides is 1. The minimum atomic E-state index is -1.68. The van der Waals surface area contributed by atoms with E-state index in [4.69, 9.17) is 4.74 Å². The Bertz CT molecular complexity index is 1530. The predicted molar refractivity (Wildman–Crippen MR) is 181 cm³/mol. The predicted octanol–water partition coefficient (Wildman–Crippen LogP) is 4.93. The van der Waals surface area contributed by atoms with E-state index in [1.54, 1.807) is 43.3 Å². The first-order valence-electron chi connectivity index (χ1n) is 16.2. The Hall–Kier alpha value is -2.92. The number of aryl methyl sites for hydroxylation is 1. The second-order valence-electron chi connectivity index (χ2n) is 14.3. The molecule has 0 saturated heterocycles. The monoisotopic (exact) mass is 647 g/mol. The number of carbonyl (C=O) groups excluding carboxylic acids is 3. The van der Waals surface area contributed by atoms with Gasteiger partial charge in [-0.1, -0.05) is 51.5 Å². The number of nitrogens with one attached hydrogen (secondary N) is 1. The number of thioether (sulfide) groups is 1. The van der Waals surface area contributed by atoms with E-state index in [0.29, 0.717) is 24.1 Å². The van der Waals surface area contributed by atoms with Crippen LogP contribution in [-0.2, 0) is 14.3 Å². The third-order valence-electron chi connectivity index (χ3n) is 11.7. The van der Waals surface area contributed by atoms with Crippen molar-refractivity contribution >= 4 is 47.7 Å². The summed E-state index contributed by atoms with van der Waals surface area (Å²) >= 11 is 1.29. The number of rotatable bonds is 8. The van der Waals surface area contributed by atoms with Crippen LogP contribution >= 0.6 is 11.8 Å². The van der Waals surface area contributed by atoms with Crippen LogP contribution in [0.15, 0.2) is 60.0 Å². The van der Waals surface area contributed by atoms with Crippen LogP contribution in [0.25, 0.3) is 0 Å². The molecule has 2 aromatic carbocycles. The molecule has 0 spiro atoms. The van der Waals surface area contributed by atoms with Gasteiger partial charge in [0.1, 0.15) is 11.9 Å². The second kappa shape index (κ2) is 12.9. The zero-order chi connectivity index (χ0) is 33.6. The van der Waals surface area contributed by atoms with Gasteiger partial charge in [0, 0.05) is 39.3 Å². The molecule has 3 aliphatic rings. The molecular weight excluding hydrogens is 601 g/mol. The van der Waals surface area contributed by atoms with Crippen molar-refractivity contribution in [3.05, 3.63) is 66.2 Å². The van der Waals surface area contributed by atoms with Gasteiger partial charge in [0.2, 0.25) is 0 Å². The van der Waals surface area contributed by atoms with Gasteiger partial charge in [0.05, 0.1) is 11.9 Å². The van der Waals surface area contributed by atoms with Gasteiger partial charge in [-0.2, -0.15) is 0 Å². The molecule has 0 aromatic heterocycles. The standard InChI is InChI=1S/C36H46BNO7S/c1-7-34(5)19-29(35(6)22(3)11-13-36(23(4)32(34)41)14-12-28(39)31(35)36)45-30(40)20-46-27-10-8-9-26(18-27)38-33(42)24-15-21(2)16-25(17-24)37(43)44/h7-10,15-18,22-23,29,31-32,41,43-44H,1,11-14,19-20H2,2-6H3,(H,38,42)/t22-,23+,29-,31+,32+,34-,35+,36+/m1/s1. The van der Waals surface area contributed by atoms with E-state index < -0.39 is 42.0 Å². The van der Waals surface area contributed by atoms with E-state index in [-0.39, 0.29) is 40.2 Å². The first-order chi connectivity index (χ1) is 21.6. The zero-order valence-electron chi connectivity index (χ0n) is 27.4. The van der Waals surface area contributed by atoms with Gasteiger partial charge < -0.3 is 25.2 Å². The van der Waals surface area contributed by atoms with Crippen LogP contribution in [0.1, 0.15) is 75.7 Å². The fourth-order valence-corrected chi connectivity index (χ4v) is 9.53. The Morgan fingerprint density at radius 3 is 2.59 bits per heavy atom. The Morgan fingerprint density at radius 2 is 1.89 bits per heavy atom. The van der Waals surface area contributed by atoms with Crippen LogP contribution in [-0.4, -0.2) is 57.9 Å². The Balaban J connectivity index is 1.33. The van der Waals surface area contributed by atoms with Crippen molar-refractivity contribution in [1.82, 2.24) is 0 Å². The largest absolute Gasteiger partial charge is 0.488 e. The third-order valence-corrected chi connectivity index (χ3v) is 12.7. The number of aliphatic hydroxyl groups excluding tert-OH is 1. The molecule has 46 heavy (non-hydrogen) atoms. The minimum Gasteiger partial charge on any atom is -0.461 e. The van der Waals surface area contributed by atoms with Crippen molar-refractivity contribution in [2.24, 2.45) is 34.0 Å². The Morgan fingerprint density at radius 1 is 1.15 bits per heavy atom. The van der Waals surface area contributed by atoms with Crippen LogP contribution < -0.4 is 10.8 Å². The van der Waals surface area contributed by atoms with Gasteiger partial charge in [-0.05, 0) is 85.7 Å². The second-order valence-corrected chi connectivity index (χ2v) is 15.4. The normalized spacial score (nSPS) is 33.7. The van der Waals surface area contributed by atoms with Crippen LogP contribution in [0.2, 0.25) is 0 Å². The van der Waals surface area contributed by atoms with Gasteiger partial charge in [-0.3, -0.25) is 14.4 Å². The lowest BCUT2D eigenvalue weighted by Crippen LogP contribution is -2.63. The molecule has 10 heteroatoms. The van der Waals surface area contributed by atoms with Crippen molar-refractivity contribution in [1.29, 1.82) is 0 Å². The lowest BCUT2D eigenvalue weighted by atomic mass is 9.44. The minimum absolute atomic E-state index is 0.0293. The molecule has 246 valence electrons. The topological polar surface area (TPSA) is 133 Å². The summed E-state index contributed by atoms with van der Waals surface area (Å²) < 4.78 is 6.35. The average Bonchev–Trinajstić information content (AvgIpc) is 3.38. The zero-order valence-corrected chi connectivity index (χ0v) is 28.2. The van der Waals surface area contributed by atoms with Gasteiger partial charge >= 0.3 is 13.1 Å². The summed E-state index contributed by atoms with van der Waals surface area (Å²) in [6.07, 6.45) is 3.92. The maximum absolute atomic E-state index is 13.6. The van der Waals surface area contributed by atoms with Crippen LogP contribution in [0.3, 0.4) is 0 Å². The van der Waals surface area contributed by atoms with Gasteiger partial charge in [-0.15, -0.1) is 18.3 Å². The van der Waals surface area contributed by atoms with Gasteiger partial charge in [-0.25, -0.2) is 0 Å². The molecule has 8 atom stereocenters. The van der Waals surface area contributed by atoms with E-state index >= 15 is 0 Å². The molecule has 2 bridgehead atoms. The maximum Gasteiger partial charge on any atom is 0.488 e. The molecule has 2 aromatic rings. The van der Waals surface area contributed by atoms with E-state index in [0.717, 1.165) is 29.7 Å². The number of aliphatic hydroxyl groups is 1. The molecule has 5 rings (SSSR count). The van der Waals surface area contributed by atoms with E-state index in [1.165, 1.54) is 17.8 Å². The molecule has 3 saturated carbocycles. The highest BCUT2D eigenvalue weighted by atomic mass is 32.2. The number of ketones is 1. The van der Waals surface area contributed by atoms with Crippen molar-refractivity contribution in [2.45, 2.75) is 83.8 Å². The molecule has 1 amide bonds. The molecule has 0 radical (unpaired) electrons. The number of benzene rings is 2. The number of esters is 1. The van der Waals surface area contributed by atoms with E-state index in [1.807, 2.05) is 13.0 Å². The van der Waals surface area contributed by atoms with E-state index in [2.05, 4.69) is 32.7 Å². The van der Waals surface area contributed by atoms with Gasteiger partial charge in [0.15, 0.2) is 0 Å². The highest BCUT2D eigenvalue weighted by molar-refractivity contribution is 8.00. The highest BCUT2D eigenvalue weighted by Crippen LogP contribution is 2.68. The fraction of sp³-hybridized carbons (Fsp3) is 0.528. The van der Waals surface area contributed by atoms with Crippen molar-refractivity contribution in [2.75, 3.05) is 11.1 Å². The first kappa shape index (κ1) is 34.4. The SMILES string of the molecule is C=C[C@]1(C)C[C@@H](OC(=O)CSc2cccc(NC(=O)c3cc(C)cc(B(O)O)c3)c2)[C@]2(C)[C@H](C)CC[C@]3(CCC(=O)[C@H]32)[C@@H](C)[C@@H]1O. The summed E-state index contributed by atoms with van der Waals surface area (Å²) in [5.74, 6) is -0.762. The Kier molecular flexibility index (Phi) is 9.68. The summed E-state index contributed by atoms with van der Waals surface area (Å²) in [5.41, 5.74) is 0.181. The van der Waals surface area contributed by atoms with Crippen molar-refractivity contribution < 1.29 is 34.3 Å². The van der Waals surface area contributed by atoms with Crippen LogP contribution in [0.4, 0.5) is 5.69 Å². The smallest absolute Gasteiger partial charge is 0.461 e. The summed E-state index contributed by atoms with van der Waals surface area (Å²) in [5, 5.41) is 33.7. The lowest BCUT2D eigenvalue weighted by Gasteiger charge is -2.61. The maximum atomic E-state index is 13.6. The molecule has 4 N–H and O–H groups in total. The number of anilines is 1. The Labute approximate surface area is 276 Å². The van der Waals surface area contributed by atoms with Crippen molar-refractivity contribution in [3.63, 3.8) is 0 Å². The average molecular weight is 648 g/mol. The third kappa shape index (κ3) is 6.09. The first-order valence-corrected chi connectivity index (χ1v) is 17.2.